The van der Waals surface area contributed by atoms with E-state index in [2.05, 4.69) is 15.2 Å². The van der Waals surface area contributed by atoms with Crippen molar-refractivity contribution in [1.82, 2.24) is 15.2 Å². The molecule has 0 atom stereocenters. The quantitative estimate of drug-likeness (QED) is 0.438. The number of carbonyl (C=O) groups excluding carboxylic acids is 1. The minimum Gasteiger partial charge on any atom is -0.507 e. The Morgan fingerprint density at radius 1 is 1.32 bits per heavy atom. The molecule has 0 fully saturated rings. The molecule has 0 spiro atoms. The first kappa shape index (κ1) is 13.8. The number of carbonyl (C=O) groups is 1. The van der Waals surface area contributed by atoms with E-state index in [1.165, 1.54) is 12.6 Å². The Kier molecular flexibility index (Phi) is 3.57. The van der Waals surface area contributed by atoms with Gasteiger partial charge in [0.2, 0.25) is 5.78 Å². The number of aliphatic hydroxyl groups excluding tert-OH is 1. The molecule has 0 saturated heterocycles. The second-order valence-corrected chi connectivity index (χ2v) is 4.71. The molecule has 2 heterocycles. The molecule has 2 aromatic heterocycles. The maximum Gasteiger partial charge on any atom is 0.226 e. The lowest BCUT2D eigenvalue weighted by atomic mass is 10.0. The highest BCUT2D eigenvalue weighted by Gasteiger charge is 2.16. The lowest BCUT2D eigenvalue weighted by molar-refractivity contribution is 0.103. The third-order valence-corrected chi connectivity index (χ3v) is 3.25. The number of rotatable bonds is 4. The first-order chi connectivity index (χ1) is 10.7. The van der Waals surface area contributed by atoms with E-state index in [-0.39, 0.29) is 11.6 Å². The second-order valence-electron chi connectivity index (χ2n) is 4.71. The Bertz CT molecular complexity index is 832. The number of allylic oxidation sites excluding steroid dienone is 1. The van der Waals surface area contributed by atoms with E-state index in [9.17, 15) is 9.90 Å². The summed E-state index contributed by atoms with van der Waals surface area (Å²) in [6, 6.07) is 9.26. The lowest BCUT2D eigenvalue weighted by Gasteiger charge is -2.05. The minimum absolute atomic E-state index is 0.0625. The number of aromatic nitrogens is 3. The van der Waals surface area contributed by atoms with Gasteiger partial charge in [0.25, 0.3) is 0 Å². The van der Waals surface area contributed by atoms with Crippen molar-refractivity contribution in [2.45, 2.75) is 6.92 Å². The molecule has 0 aliphatic rings. The summed E-state index contributed by atoms with van der Waals surface area (Å²) in [5.74, 6) is -0.0787. The number of hydrogen-bond donors (Lipinski definition) is 2. The molecule has 0 unspecified atom stereocenters. The topological polar surface area (TPSA) is 92.0 Å². The predicted molar refractivity (Wildman–Crippen MR) is 80.2 cm³/mol. The zero-order chi connectivity index (χ0) is 15.5. The van der Waals surface area contributed by atoms with Crippen LogP contribution in [0.4, 0.5) is 0 Å². The van der Waals surface area contributed by atoms with Gasteiger partial charge in [0.15, 0.2) is 5.82 Å². The molecule has 0 bridgehead atoms. The maximum atomic E-state index is 11.9. The van der Waals surface area contributed by atoms with Gasteiger partial charge in [0.05, 0.1) is 11.8 Å². The number of nitrogens with zero attached hydrogens (tertiary/aromatic N) is 2. The summed E-state index contributed by atoms with van der Waals surface area (Å²) in [4.78, 5) is 15.7. The third-order valence-electron chi connectivity index (χ3n) is 3.25. The molecule has 0 aliphatic carbocycles. The number of aliphatic hydroxyl groups is 1. The smallest absolute Gasteiger partial charge is 0.226 e. The van der Waals surface area contributed by atoms with E-state index in [0.717, 1.165) is 17.2 Å². The molecule has 0 radical (unpaired) electrons. The van der Waals surface area contributed by atoms with Gasteiger partial charge in [-0.3, -0.25) is 9.89 Å². The average Bonchev–Trinajstić information content (AvgIpc) is 3.19. The van der Waals surface area contributed by atoms with Crippen LogP contribution < -0.4 is 0 Å². The van der Waals surface area contributed by atoms with Crippen LogP contribution in [0.5, 0.6) is 0 Å². The Labute approximate surface area is 126 Å². The largest absolute Gasteiger partial charge is 0.507 e. The summed E-state index contributed by atoms with van der Waals surface area (Å²) in [5, 5.41) is 16.3. The van der Waals surface area contributed by atoms with Gasteiger partial charge in [-0.2, -0.15) is 5.10 Å². The SMILES string of the molecule is Cc1ccccc1-c1occc1C(O)=CC(=O)c1ncn[nH]1. The molecule has 1 aromatic carbocycles. The van der Waals surface area contributed by atoms with Gasteiger partial charge in [-0.25, -0.2) is 4.98 Å². The summed E-state index contributed by atoms with van der Waals surface area (Å²) in [5.41, 5.74) is 2.31. The van der Waals surface area contributed by atoms with E-state index in [0.29, 0.717) is 11.3 Å². The first-order valence-corrected chi connectivity index (χ1v) is 6.61. The van der Waals surface area contributed by atoms with E-state index < -0.39 is 5.78 Å². The van der Waals surface area contributed by atoms with Crippen molar-refractivity contribution >= 4 is 11.5 Å². The van der Waals surface area contributed by atoms with E-state index in [1.807, 2.05) is 31.2 Å². The second kappa shape index (κ2) is 5.69. The molecular weight excluding hydrogens is 282 g/mol. The number of furan rings is 1. The molecule has 0 amide bonds. The predicted octanol–water partition coefficient (Wildman–Crippen LogP) is 3.15. The number of benzene rings is 1. The average molecular weight is 295 g/mol. The van der Waals surface area contributed by atoms with Crippen LogP contribution in [0.25, 0.3) is 17.1 Å². The van der Waals surface area contributed by atoms with Gasteiger partial charge < -0.3 is 9.52 Å². The lowest BCUT2D eigenvalue weighted by Crippen LogP contribution is -1.99. The van der Waals surface area contributed by atoms with Crippen LogP contribution in [0.3, 0.4) is 0 Å². The zero-order valence-corrected chi connectivity index (χ0v) is 11.8. The van der Waals surface area contributed by atoms with Crippen molar-refractivity contribution in [3.05, 3.63) is 65.9 Å². The summed E-state index contributed by atoms with van der Waals surface area (Å²) < 4.78 is 5.48. The highest BCUT2D eigenvalue weighted by molar-refractivity contribution is 6.05. The molecule has 2 N–H and O–H groups in total. The highest BCUT2D eigenvalue weighted by Crippen LogP contribution is 2.31. The standard InChI is InChI=1S/C16H13N3O3/c1-10-4-2-3-5-11(10)15-12(6-7-22-15)13(20)8-14(21)16-17-9-18-19-16/h2-9,20H,1H3,(H,17,18,19). The summed E-state index contributed by atoms with van der Waals surface area (Å²) in [6.07, 6.45) is 3.79. The van der Waals surface area contributed by atoms with E-state index in [1.54, 1.807) is 6.07 Å². The Morgan fingerprint density at radius 3 is 2.86 bits per heavy atom. The van der Waals surface area contributed by atoms with Crippen LogP contribution in [0.15, 0.2) is 53.4 Å². The minimum atomic E-state index is -0.466. The van der Waals surface area contributed by atoms with Gasteiger partial charge in [0.1, 0.15) is 17.8 Å². The zero-order valence-electron chi connectivity index (χ0n) is 11.8. The van der Waals surface area contributed by atoms with Crippen LogP contribution in [0, 0.1) is 6.92 Å². The number of ketones is 1. The van der Waals surface area contributed by atoms with Gasteiger partial charge in [-0.05, 0) is 18.6 Å². The van der Waals surface area contributed by atoms with Crippen molar-refractivity contribution in [1.29, 1.82) is 0 Å². The fraction of sp³-hybridized carbons (Fsp3) is 0.0625. The molecule has 0 aliphatic heterocycles. The van der Waals surface area contributed by atoms with E-state index >= 15 is 0 Å². The van der Waals surface area contributed by atoms with Crippen molar-refractivity contribution < 1.29 is 14.3 Å². The fourth-order valence-corrected chi connectivity index (χ4v) is 2.14. The number of aromatic amines is 1. The van der Waals surface area contributed by atoms with Crippen molar-refractivity contribution in [2.24, 2.45) is 0 Å². The molecule has 110 valence electrons. The molecule has 0 saturated carbocycles. The summed E-state index contributed by atoms with van der Waals surface area (Å²) in [6.45, 7) is 1.95. The van der Waals surface area contributed by atoms with Crippen LogP contribution >= 0.6 is 0 Å². The molecule has 3 aromatic rings. The van der Waals surface area contributed by atoms with Crippen molar-refractivity contribution in [3.63, 3.8) is 0 Å². The number of aryl methyl sites for hydroxylation is 1. The fourth-order valence-electron chi connectivity index (χ4n) is 2.14. The summed E-state index contributed by atoms with van der Waals surface area (Å²) >= 11 is 0. The van der Waals surface area contributed by atoms with Gasteiger partial charge in [-0.1, -0.05) is 24.3 Å². The first-order valence-electron chi connectivity index (χ1n) is 6.61. The molecular formula is C16H13N3O3. The molecule has 6 heteroatoms. The number of H-pyrrole nitrogens is 1. The third kappa shape index (κ3) is 2.54. The van der Waals surface area contributed by atoms with E-state index in [4.69, 9.17) is 4.42 Å². The van der Waals surface area contributed by atoms with Crippen LogP contribution in [-0.2, 0) is 0 Å². The van der Waals surface area contributed by atoms with Crippen molar-refractivity contribution in [3.8, 4) is 11.3 Å². The van der Waals surface area contributed by atoms with Crippen LogP contribution in [0.1, 0.15) is 21.7 Å². The Morgan fingerprint density at radius 2 is 2.14 bits per heavy atom. The number of nitrogens with one attached hydrogen (secondary N) is 1. The summed E-state index contributed by atoms with van der Waals surface area (Å²) in [7, 11) is 0. The Balaban J connectivity index is 1.98. The van der Waals surface area contributed by atoms with Crippen molar-refractivity contribution in [2.75, 3.05) is 0 Å². The molecule has 3 rings (SSSR count). The monoisotopic (exact) mass is 295 g/mol. The Hall–Kier alpha value is -3.15. The van der Waals surface area contributed by atoms with Gasteiger partial charge in [-0.15, -0.1) is 0 Å². The normalized spacial score (nSPS) is 11.6. The number of hydrogen-bond acceptors (Lipinski definition) is 5. The molecule has 6 nitrogen and oxygen atoms in total. The highest BCUT2D eigenvalue weighted by atomic mass is 16.3. The molecule has 22 heavy (non-hydrogen) atoms. The van der Waals surface area contributed by atoms with Gasteiger partial charge in [0, 0.05) is 11.6 Å². The van der Waals surface area contributed by atoms with Crippen LogP contribution in [0.2, 0.25) is 0 Å². The maximum absolute atomic E-state index is 11.9. The van der Waals surface area contributed by atoms with Crippen LogP contribution in [-0.4, -0.2) is 26.1 Å². The van der Waals surface area contributed by atoms with Gasteiger partial charge >= 0.3 is 0 Å².